The van der Waals surface area contributed by atoms with Gasteiger partial charge in [-0.1, -0.05) is 102 Å². The van der Waals surface area contributed by atoms with Crippen LogP contribution in [0.4, 0.5) is 0 Å². The lowest BCUT2D eigenvalue weighted by atomic mass is 10.1. The van der Waals surface area contributed by atoms with Crippen molar-refractivity contribution in [2.24, 2.45) is 0 Å². The summed E-state index contributed by atoms with van der Waals surface area (Å²) in [7, 11) is -4.64. The highest BCUT2D eigenvalue weighted by Gasteiger charge is 2.22. The summed E-state index contributed by atoms with van der Waals surface area (Å²) in [6.45, 7) is 3.90. The number of nitrogens with zero attached hydrogens (tertiary/aromatic N) is 1. The summed E-state index contributed by atoms with van der Waals surface area (Å²) in [5.74, 6) is -0.559. The van der Waals surface area contributed by atoms with E-state index in [0.717, 1.165) is 81.9 Å². The predicted octanol–water partition coefficient (Wildman–Crippen LogP) is 8.41. The molecule has 0 aromatic rings. The van der Waals surface area contributed by atoms with E-state index in [2.05, 4.69) is 42.7 Å². The largest absolute Gasteiger partial charge is 0.469 e. The average molecular weight is 558 g/mol. The van der Waals surface area contributed by atoms with Crippen molar-refractivity contribution in [2.75, 3.05) is 13.2 Å². The lowest BCUT2D eigenvalue weighted by Crippen LogP contribution is -2.39. The molecule has 0 radical (unpaired) electrons. The average Bonchev–Trinajstić information content (AvgIpc) is 2.87. The summed E-state index contributed by atoms with van der Waals surface area (Å²) >= 11 is 0. The van der Waals surface area contributed by atoms with Crippen molar-refractivity contribution in [1.82, 2.24) is 4.90 Å². The molecule has 0 atom stereocenters. The quantitative estimate of drug-likeness (QED) is 0.0628. The van der Waals surface area contributed by atoms with Crippen molar-refractivity contribution < 1.29 is 28.5 Å². The summed E-state index contributed by atoms with van der Waals surface area (Å²) in [4.78, 5) is 44.5. The van der Waals surface area contributed by atoms with Crippen LogP contribution < -0.4 is 0 Å². The number of hydrogen-bond donors (Lipinski definition) is 2. The van der Waals surface area contributed by atoms with Gasteiger partial charge in [0, 0.05) is 12.8 Å². The molecule has 2 N–H and O–H groups in total. The van der Waals surface area contributed by atoms with Crippen molar-refractivity contribution in [2.45, 2.75) is 142 Å². The molecule has 2 amide bonds. The molecule has 222 valence electrons. The maximum atomic E-state index is 12.7. The smallest absolute Gasteiger partial charge is 0.303 e. The maximum Gasteiger partial charge on any atom is 0.469 e. The van der Waals surface area contributed by atoms with Gasteiger partial charge in [0.05, 0.1) is 13.2 Å². The van der Waals surface area contributed by atoms with Gasteiger partial charge >= 0.3 is 7.82 Å². The Kier molecular flexibility index (Phi) is 25.1. The van der Waals surface area contributed by atoms with E-state index in [4.69, 9.17) is 9.79 Å². The predicted molar refractivity (Wildman–Crippen MR) is 157 cm³/mol. The van der Waals surface area contributed by atoms with Gasteiger partial charge in [-0.25, -0.2) is 4.57 Å². The zero-order chi connectivity index (χ0) is 28.3. The second-order valence-corrected chi connectivity index (χ2v) is 11.3. The van der Waals surface area contributed by atoms with Gasteiger partial charge in [-0.2, -0.15) is 0 Å². The Labute approximate surface area is 232 Å². The molecule has 0 fully saturated rings. The fraction of sp³-hybridized carbons (Fsp3) is 0.800. The Morgan fingerprint density at radius 3 is 1.39 bits per heavy atom. The lowest BCUT2D eigenvalue weighted by molar-refractivity contribution is -0.145. The first kappa shape index (κ1) is 36.7. The zero-order valence-corrected chi connectivity index (χ0v) is 25.2. The monoisotopic (exact) mass is 557 g/mol. The van der Waals surface area contributed by atoms with Crippen molar-refractivity contribution >= 4 is 19.6 Å². The first-order valence-electron chi connectivity index (χ1n) is 15.1. The molecular weight excluding hydrogens is 501 g/mol. The zero-order valence-electron chi connectivity index (χ0n) is 24.3. The Bertz CT molecular complexity index is 644. The van der Waals surface area contributed by atoms with Crippen LogP contribution in [-0.2, 0) is 18.7 Å². The van der Waals surface area contributed by atoms with Gasteiger partial charge in [-0.15, -0.1) is 0 Å². The molecule has 0 saturated carbocycles. The Balaban J connectivity index is 4.24. The van der Waals surface area contributed by atoms with Crippen molar-refractivity contribution in [3.8, 4) is 0 Å². The minimum Gasteiger partial charge on any atom is -0.303 e. The van der Waals surface area contributed by atoms with Crippen LogP contribution in [0.3, 0.4) is 0 Å². The molecule has 0 aliphatic carbocycles. The normalized spacial score (nSPS) is 12.1. The summed E-state index contributed by atoms with van der Waals surface area (Å²) in [6, 6.07) is 0. The molecule has 7 nitrogen and oxygen atoms in total. The van der Waals surface area contributed by atoms with Gasteiger partial charge in [-0.05, 0) is 51.4 Å². The third-order valence-corrected chi connectivity index (χ3v) is 7.00. The first-order chi connectivity index (χ1) is 18.3. The summed E-state index contributed by atoms with van der Waals surface area (Å²) in [6.07, 6.45) is 29.0. The van der Waals surface area contributed by atoms with E-state index in [9.17, 15) is 14.2 Å². The first-order valence-corrected chi connectivity index (χ1v) is 16.7. The topological polar surface area (TPSA) is 104 Å². The molecule has 0 spiro atoms. The third-order valence-electron chi connectivity index (χ3n) is 6.48. The Morgan fingerprint density at radius 1 is 0.632 bits per heavy atom. The van der Waals surface area contributed by atoms with Gasteiger partial charge in [0.2, 0.25) is 11.8 Å². The van der Waals surface area contributed by atoms with E-state index in [1.54, 1.807) is 0 Å². The number of rotatable bonds is 26. The number of phosphoric ester groups is 1. The molecule has 8 heteroatoms. The molecule has 0 aliphatic rings. The Morgan fingerprint density at radius 2 is 1.00 bits per heavy atom. The van der Waals surface area contributed by atoms with E-state index in [-0.39, 0.29) is 37.8 Å². The standard InChI is InChI=1S/C30H56NO6P/c1-3-5-7-9-11-13-15-17-19-21-23-25-29(32)31(27-28-37-38(34,35)36)30(33)26-24-22-20-18-16-14-12-10-8-6-4-2/h9-12H,3-8,13-28H2,1-2H3,(H2,34,35,36)/b11-9-,12-10-. The lowest BCUT2D eigenvalue weighted by Gasteiger charge is -2.21. The fourth-order valence-corrected chi connectivity index (χ4v) is 4.48. The molecule has 0 bridgehead atoms. The van der Waals surface area contributed by atoms with Crippen LogP contribution in [0.5, 0.6) is 0 Å². The van der Waals surface area contributed by atoms with E-state index in [0.29, 0.717) is 12.8 Å². The van der Waals surface area contributed by atoms with Gasteiger partial charge in [0.25, 0.3) is 0 Å². The van der Waals surface area contributed by atoms with Gasteiger partial charge in [0.1, 0.15) is 0 Å². The minimum atomic E-state index is -4.64. The van der Waals surface area contributed by atoms with Gasteiger partial charge < -0.3 is 9.79 Å². The molecule has 38 heavy (non-hydrogen) atoms. The van der Waals surface area contributed by atoms with Crippen LogP contribution in [0.1, 0.15) is 142 Å². The number of unbranched alkanes of at least 4 members (excludes halogenated alkanes) is 14. The summed E-state index contributed by atoms with van der Waals surface area (Å²) in [5.41, 5.74) is 0. The molecular formula is C30H56NO6P. The van der Waals surface area contributed by atoms with Gasteiger partial charge in [0.15, 0.2) is 0 Å². The fourth-order valence-electron chi connectivity index (χ4n) is 4.16. The summed E-state index contributed by atoms with van der Waals surface area (Å²) < 4.78 is 15.5. The number of phosphoric acid groups is 1. The molecule has 0 unspecified atom stereocenters. The summed E-state index contributed by atoms with van der Waals surface area (Å²) in [5, 5.41) is 0. The van der Waals surface area contributed by atoms with E-state index in [1.807, 2.05) is 0 Å². The van der Waals surface area contributed by atoms with E-state index in [1.165, 1.54) is 25.7 Å². The van der Waals surface area contributed by atoms with E-state index < -0.39 is 7.82 Å². The Hall–Kier alpha value is -1.27. The number of allylic oxidation sites excluding steroid dienone is 4. The maximum absolute atomic E-state index is 12.7. The molecule has 0 aliphatic heterocycles. The third kappa shape index (κ3) is 25.0. The van der Waals surface area contributed by atoms with E-state index >= 15 is 0 Å². The number of imide groups is 1. The number of hydrogen-bond acceptors (Lipinski definition) is 4. The van der Waals surface area contributed by atoms with Crippen LogP contribution in [-0.4, -0.2) is 39.7 Å². The molecule has 0 aromatic carbocycles. The van der Waals surface area contributed by atoms with Crippen LogP contribution in [0.15, 0.2) is 24.3 Å². The molecule has 0 rings (SSSR count). The molecule has 0 saturated heterocycles. The van der Waals surface area contributed by atoms with Crippen LogP contribution >= 0.6 is 7.82 Å². The second kappa shape index (κ2) is 26.0. The highest BCUT2D eigenvalue weighted by Crippen LogP contribution is 2.35. The van der Waals surface area contributed by atoms with Crippen LogP contribution in [0, 0.1) is 0 Å². The number of carbonyl (C=O) groups is 2. The molecule has 0 heterocycles. The van der Waals surface area contributed by atoms with Crippen molar-refractivity contribution in [1.29, 1.82) is 0 Å². The van der Waals surface area contributed by atoms with Crippen LogP contribution in [0.25, 0.3) is 0 Å². The molecule has 0 aromatic heterocycles. The van der Waals surface area contributed by atoms with Crippen molar-refractivity contribution in [3.63, 3.8) is 0 Å². The van der Waals surface area contributed by atoms with Crippen molar-refractivity contribution in [3.05, 3.63) is 24.3 Å². The highest BCUT2D eigenvalue weighted by molar-refractivity contribution is 7.46. The second-order valence-electron chi connectivity index (χ2n) is 10.1. The SMILES string of the molecule is CCCC/C=C\CCCCCCCC(=O)N(CCOP(=O)(O)O)C(=O)CCCCCCC/C=C\CCCC. The number of amides is 2. The number of carbonyl (C=O) groups excluding carboxylic acids is 2. The van der Waals surface area contributed by atoms with Gasteiger partial charge in [-0.3, -0.25) is 19.0 Å². The minimum absolute atomic E-state index is 0.127. The van der Waals surface area contributed by atoms with Crippen LogP contribution in [0.2, 0.25) is 0 Å². The highest BCUT2D eigenvalue weighted by atomic mass is 31.2.